The van der Waals surface area contributed by atoms with Gasteiger partial charge in [0.1, 0.15) is 0 Å². The molecule has 5 aromatic carbocycles. The summed E-state index contributed by atoms with van der Waals surface area (Å²) in [5.41, 5.74) is 6.50. The Morgan fingerprint density at radius 1 is 0.674 bits per heavy atom. The van der Waals surface area contributed by atoms with Gasteiger partial charge in [0.2, 0.25) is 5.91 Å². The molecule has 0 atom stereocenters. The lowest BCUT2D eigenvalue weighted by molar-refractivity contribution is -0.116. The molecule has 0 aromatic heterocycles. The number of carbonyl (C=O) groups is 2. The summed E-state index contributed by atoms with van der Waals surface area (Å²) in [7, 11) is 0. The minimum Gasteiger partial charge on any atom is -0.371 e. The number of hydrogen-bond acceptors (Lipinski definition) is 3. The van der Waals surface area contributed by atoms with Crippen molar-refractivity contribution in [3.05, 3.63) is 167 Å². The van der Waals surface area contributed by atoms with Crippen LogP contribution in [0.15, 0.2) is 140 Å². The first-order chi connectivity index (χ1) is 22.6. The van der Waals surface area contributed by atoms with Crippen molar-refractivity contribution in [1.29, 1.82) is 0 Å². The molecule has 0 unspecified atom stereocenters. The Hall–Kier alpha value is -5.16. The number of benzene rings is 5. The molecule has 0 radical (unpaired) electrons. The van der Waals surface area contributed by atoms with Crippen molar-refractivity contribution in [2.24, 2.45) is 5.92 Å². The van der Waals surface area contributed by atoms with E-state index in [0.717, 1.165) is 55.6 Å². The Kier molecular flexibility index (Phi) is 10.2. The topological polar surface area (TPSA) is 61.4 Å². The molecule has 1 aliphatic heterocycles. The highest BCUT2D eigenvalue weighted by molar-refractivity contribution is 6.03. The summed E-state index contributed by atoms with van der Waals surface area (Å²) in [5, 5.41) is 6.29. The lowest BCUT2D eigenvalue weighted by Gasteiger charge is -2.35. The van der Waals surface area contributed by atoms with Crippen LogP contribution >= 0.6 is 0 Å². The summed E-state index contributed by atoms with van der Waals surface area (Å²) in [6.07, 6.45) is 3.96. The van der Waals surface area contributed by atoms with E-state index in [1.165, 1.54) is 11.1 Å². The van der Waals surface area contributed by atoms with Gasteiger partial charge in [-0.1, -0.05) is 121 Å². The first-order valence-electron chi connectivity index (χ1n) is 16.3. The Morgan fingerprint density at radius 2 is 1.22 bits per heavy atom. The van der Waals surface area contributed by atoms with Gasteiger partial charge in [-0.2, -0.15) is 0 Å². The standard InChI is InChI=1S/C41H41N3O2/c45-40(42-26-23-31-13-5-1-6-14-31)37-30-36(43-41(46)39(34-17-9-3-10-18-34)35-19-11-4-12-20-35)21-22-38(37)44-27-24-33(25-28-44)29-32-15-7-2-8-16-32/h1-22,30,33,39H,23-29H2,(H,42,45)(H,43,46). The van der Waals surface area contributed by atoms with E-state index in [-0.39, 0.29) is 11.8 Å². The fraction of sp³-hybridized carbons (Fsp3) is 0.220. The molecule has 0 aliphatic carbocycles. The van der Waals surface area contributed by atoms with Crippen molar-refractivity contribution >= 4 is 23.2 Å². The van der Waals surface area contributed by atoms with Crippen molar-refractivity contribution in [2.45, 2.75) is 31.6 Å². The molecule has 232 valence electrons. The highest BCUT2D eigenvalue weighted by Crippen LogP contribution is 2.32. The number of nitrogens with zero attached hydrogens (tertiary/aromatic N) is 1. The van der Waals surface area contributed by atoms with Gasteiger partial charge in [0.05, 0.1) is 11.5 Å². The third-order valence-electron chi connectivity index (χ3n) is 8.90. The Balaban J connectivity index is 1.21. The quantitative estimate of drug-likeness (QED) is 0.161. The highest BCUT2D eigenvalue weighted by atomic mass is 16.2. The Morgan fingerprint density at radius 3 is 1.80 bits per heavy atom. The molecule has 0 saturated carbocycles. The molecule has 1 saturated heterocycles. The largest absolute Gasteiger partial charge is 0.371 e. The summed E-state index contributed by atoms with van der Waals surface area (Å²) in [6, 6.07) is 46.3. The lowest BCUT2D eigenvalue weighted by atomic mass is 9.89. The molecule has 6 rings (SSSR count). The fourth-order valence-corrected chi connectivity index (χ4v) is 6.46. The smallest absolute Gasteiger partial charge is 0.253 e. The maximum atomic E-state index is 13.9. The summed E-state index contributed by atoms with van der Waals surface area (Å²) >= 11 is 0. The third kappa shape index (κ3) is 7.91. The minimum absolute atomic E-state index is 0.129. The van der Waals surface area contributed by atoms with Gasteiger partial charge in [0, 0.05) is 31.0 Å². The number of piperidine rings is 1. The van der Waals surface area contributed by atoms with Crippen molar-refractivity contribution < 1.29 is 9.59 Å². The molecule has 5 aromatic rings. The van der Waals surface area contributed by atoms with Crippen LogP contribution in [0.2, 0.25) is 0 Å². The third-order valence-corrected chi connectivity index (χ3v) is 8.90. The zero-order valence-electron chi connectivity index (χ0n) is 26.1. The van der Waals surface area contributed by atoms with E-state index in [1.807, 2.05) is 97.1 Å². The van der Waals surface area contributed by atoms with Crippen molar-refractivity contribution in [2.75, 3.05) is 29.9 Å². The zero-order valence-corrected chi connectivity index (χ0v) is 26.1. The van der Waals surface area contributed by atoms with Gasteiger partial charge >= 0.3 is 0 Å². The minimum atomic E-state index is -0.478. The number of carbonyl (C=O) groups excluding carboxylic acids is 2. The van der Waals surface area contributed by atoms with Crippen LogP contribution in [0.4, 0.5) is 11.4 Å². The molecule has 0 spiro atoms. The Labute approximate surface area is 272 Å². The van der Waals surface area contributed by atoms with Crippen LogP contribution in [0.3, 0.4) is 0 Å². The van der Waals surface area contributed by atoms with Crippen molar-refractivity contribution in [3.8, 4) is 0 Å². The number of anilines is 2. The maximum Gasteiger partial charge on any atom is 0.253 e. The predicted octanol–water partition coefficient (Wildman–Crippen LogP) is 7.89. The molecule has 46 heavy (non-hydrogen) atoms. The number of rotatable bonds is 11. The summed E-state index contributed by atoms with van der Waals surface area (Å²) < 4.78 is 0. The fourth-order valence-electron chi connectivity index (χ4n) is 6.46. The van der Waals surface area contributed by atoms with Crippen LogP contribution in [0.5, 0.6) is 0 Å². The average molecular weight is 608 g/mol. The molecular formula is C41H41N3O2. The zero-order chi connectivity index (χ0) is 31.6. The van der Waals surface area contributed by atoms with Gasteiger partial charge in [0.15, 0.2) is 0 Å². The lowest BCUT2D eigenvalue weighted by Crippen LogP contribution is -2.36. The average Bonchev–Trinajstić information content (AvgIpc) is 3.10. The molecule has 2 N–H and O–H groups in total. The highest BCUT2D eigenvalue weighted by Gasteiger charge is 2.26. The normalized spacial score (nSPS) is 13.4. The molecular weight excluding hydrogens is 566 g/mol. The van der Waals surface area contributed by atoms with Gasteiger partial charge in [-0.25, -0.2) is 0 Å². The summed E-state index contributed by atoms with van der Waals surface area (Å²) in [6.45, 7) is 2.30. The summed E-state index contributed by atoms with van der Waals surface area (Å²) in [5.74, 6) is -0.124. The SMILES string of the molecule is O=C(NCCc1ccccc1)c1cc(NC(=O)C(c2ccccc2)c2ccccc2)ccc1N1CCC(Cc2ccccc2)CC1. The van der Waals surface area contributed by atoms with Gasteiger partial charge in [0.25, 0.3) is 5.91 Å². The number of hydrogen-bond donors (Lipinski definition) is 2. The van der Waals surface area contributed by atoms with Crippen LogP contribution in [-0.2, 0) is 17.6 Å². The monoisotopic (exact) mass is 607 g/mol. The second-order valence-corrected chi connectivity index (χ2v) is 12.1. The van der Waals surface area contributed by atoms with Crippen molar-refractivity contribution in [3.63, 3.8) is 0 Å². The van der Waals surface area contributed by atoms with Crippen LogP contribution in [0.1, 0.15) is 51.4 Å². The van der Waals surface area contributed by atoms with E-state index in [2.05, 4.69) is 58.0 Å². The molecule has 1 heterocycles. The predicted molar refractivity (Wildman–Crippen MR) is 187 cm³/mol. The van der Waals surface area contributed by atoms with Gasteiger partial charge in [-0.15, -0.1) is 0 Å². The molecule has 5 nitrogen and oxygen atoms in total. The molecule has 1 aliphatic rings. The van der Waals surface area contributed by atoms with Crippen LogP contribution in [0.25, 0.3) is 0 Å². The Bertz CT molecular complexity index is 1660. The van der Waals surface area contributed by atoms with Gasteiger partial charge in [-0.05, 0) is 72.1 Å². The second kappa shape index (κ2) is 15.2. The van der Waals surface area contributed by atoms with Crippen LogP contribution in [0, 0.1) is 5.92 Å². The van der Waals surface area contributed by atoms with Gasteiger partial charge < -0.3 is 15.5 Å². The number of amides is 2. The summed E-state index contributed by atoms with van der Waals surface area (Å²) in [4.78, 5) is 30.0. The molecule has 5 heteroatoms. The first kappa shape index (κ1) is 30.8. The van der Waals surface area contributed by atoms with Crippen molar-refractivity contribution in [1.82, 2.24) is 5.32 Å². The van der Waals surface area contributed by atoms with E-state index < -0.39 is 5.92 Å². The van der Waals surface area contributed by atoms with Crippen LogP contribution < -0.4 is 15.5 Å². The van der Waals surface area contributed by atoms with E-state index >= 15 is 0 Å². The van der Waals surface area contributed by atoms with E-state index in [4.69, 9.17) is 0 Å². The van der Waals surface area contributed by atoms with Gasteiger partial charge in [-0.3, -0.25) is 9.59 Å². The van der Waals surface area contributed by atoms with E-state index in [9.17, 15) is 9.59 Å². The molecule has 0 bridgehead atoms. The van der Waals surface area contributed by atoms with Crippen LogP contribution in [-0.4, -0.2) is 31.4 Å². The first-order valence-corrected chi connectivity index (χ1v) is 16.3. The maximum absolute atomic E-state index is 13.9. The van der Waals surface area contributed by atoms with E-state index in [0.29, 0.717) is 23.7 Å². The molecule has 1 fully saturated rings. The molecule has 2 amide bonds. The van der Waals surface area contributed by atoms with E-state index in [1.54, 1.807) is 0 Å². The second-order valence-electron chi connectivity index (χ2n) is 12.1. The number of nitrogens with one attached hydrogen (secondary N) is 2.